The van der Waals surface area contributed by atoms with E-state index in [4.69, 9.17) is 10.5 Å². The van der Waals surface area contributed by atoms with Gasteiger partial charge < -0.3 is 15.8 Å². The van der Waals surface area contributed by atoms with E-state index in [-0.39, 0.29) is 5.91 Å². The Morgan fingerprint density at radius 2 is 2.03 bits per heavy atom. The third-order valence-corrected chi connectivity index (χ3v) is 4.98. The molecule has 0 fully saturated rings. The zero-order valence-corrected chi connectivity index (χ0v) is 17.0. The predicted octanol–water partition coefficient (Wildman–Crippen LogP) is 3.65. The van der Waals surface area contributed by atoms with E-state index < -0.39 is 0 Å². The second-order valence-corrected chi connectivity index (χ2v) is 7.23. The van der Waals surface area contributed by atoms with Crippen LogP contribution in [0, 0.1) is 25.7 Å². The summed E-state index contributed by atoms with van der Waals surface area (Å²) in [4.78, 5) is 21.1. The first-order chi connectivity index (χ1) is 14.5. The molecule has 0 bridgehead atoms. The second-order valence-electron chi connectivity index (χ2n) is 7.23. The van der Waals surface area contributed by atoms with E-state index in [1.54, 1.807) is 19.2 Å². The lowest BCUT2D eigenvalue weighted by Gasteiger charge is -2.17. The molecule has 1 aliphatic rings. The standard InChI is InChI=1S/C24H22N4O2/c1-15-5-9-20(12-18(15)8-10-21-14-26-23(25)16(2)27-21)28-24(29)19-7-6-17-4-3-11-30-22(17)13-19/h5-7,9,12-14H,3-4,11H2,1-2H3,(H2,25,26)(H,28,29). The Balaban J connectivity index is 1.54. The SMILES string of the molecule is Cc1ccc(NC(=O)c2ccc3c(c2)OCCC3)cc1C#Cc1cnc(N)c(C)n1. The number of rotatable bonds is 2. The van der Waals surface area contributed by atoms with E-state index in [0.29, 0.717) is 35.1 Å². The van der Waals surface area contributed by atoms with Crippen LogP contribution in [0.4, 0.5) is 11.5 Å². The van der Waals surface area contributed by atoms with Crippen LogP contribution in [0.5, 0.6) is 5.75 Å². The van der Waals surface area contributed by atoms with Crippen molar-refractivity contribution < 1.29 is 9.53 Å². The van der Waals surface area contributed by atoms with Crippen LogP contribution >= 0.6 is 0 Å². The maximum Gasteiger partial charge on any atom is 0.255 e. The van der Waals surface area contributed by atoms with Crippen molar-refractivity contribution in [1.82, 2.24) is 9.97 Å². The van der Waals surface area contributed by atoms with E-state index >= 15 is 0 Å². The molecular weight excluding hydrogens is 376 g/mol. The minimum atomic E-state index is -0.185. The molecule has 0 atom stereocenters. The largest absolute Gasteiger partial charge is 0.493 e. The number of hydrogen-bond donors (Lipinski definition) is 2. The van der Waals surface area contributed by atoms with E-state index in [2.05, 4.69) is 27.1 Å². The summed E-state index contributed by atoms with van der Waals surface area (Å²) in [5.74, 6) is 7.12. The normalized spacial score (nSPS) is 12.2. The van der Waals surface area contributed by atoms with Gasteiger partial charge in [0.1, 0.15) is 17.3 Å². The number of ether oxygens (including phenoxy) is 1. The Kier molecular flexibility index (Phi) is 5.36. The maximum absolute atomic E-state index is 12.7. The fraction of sp³-hybridized carbons (Fsp3) is 0.208. The highest BCUT2D eigenvalue weighted by Gasteiger charge is 2.14. The molecule has 0 saturated carbocycles. The van der Waals surface area contributed by atoms with Crippen LogP contribution in [0.3, 0.4) is 0 Å². The highest BCUT2D eigenvalue weighted by Crippen LogP contribution is 2.26. The quantitative estimate of drug-likeness (QED) is 0.643. The highest BCUT2D eigenvalue weighted by molar-refractivity contribution is 6.04. The van der Waals surface area contributed by atoms with E-state index in [1.165, 1.54) is 0 Å². The van der Waals surface area contributed by atoms with Crippen molar-refractivity contribution in [3.8, 4) is 17.6 Å². The van der Waals surface area contributed by atoms with Crippen molar-refractivity contribution in [2.24, 2.45) is 0 Å². The van der Waals surface area contributed by atoms with E-state index in [0.717, 1.165) is 35.3 Å². The van der Waals surface area contributed by atoms with Gasteiger partial charge in [-0.3, -0.25) is 4.79 Å². The number of carbonyl (C=O) groups is 1. The summed E-state index contributed by atoms with van der Waals surface area (Å²) in [5, 5.41) is 2.94. The number of hydrogen-bond acceptors (Lipinski definition) is 5. The molecule has 30 heavy (non-hydrogen) atoms. The van der Waals surface area contributed by atoms with Crippen LogP contribution in [0.2, 0.25) is 0 Å². The summed E-state index contributed by atoms with van der Waals surface area (Å²) >= 11 is 0. The summed E-state index contributed by atoms with van der Waals surface area (Å²) in [6.45, 7) is 4.45. The summed E-state index contributed by atoms with van der Waals surface area (Å²) in [6.07, 6.45) is 3.54. The molecule has 3 N–H and O–H groups in total. The summed E-state index contributed by atoms with van der Waals surface area (Å²) in [5.41, 5.74) is 11.1. The van der Waals surface area contributed by atoms with Crippen LogP contribution in [-0.2, 0) is 6.42 Å². The van der Waals surface area contributed by atoms with Gasteiger partial charge in [-0.2, -0.15) is 0 Å². The summed E-state index contributed by atoms with van der Waals surface area (Å²) in [6, 6.07) is 11.2. The molecule has 1 aromatic heterocycles. The average molecular weight is 398 g/mol. The smallest absolute Gasteiger partial charge is 0.255 e. The molecule has 2 heterocycles. The Bertz CT molecular complexity index is 1190. The van der Waals surface area contributed by atoms with Gasteiger partial charge in [0.05, 0.1) is 18.5 Å². The Morgan fingerprint density at radius 1 is 1.17 bits per heavy atom. The van der Waals surface area contributed by atoms with Gasteiger partial charge in [0.25, 0.3) is 5.91 Å². The van der Waals surface area contributed by atoms with Crippen molar-refractivity contribution >= 4 is 17.4 Å². The molecule has 0 spiro atoms. The molecule has 6 heteroatoms. The number of nitrogen functional groups attached to an aromatic ring is 1. The number of amides is 1. The Morgan fingerprint density at radius 3 is 2.87 bits per heavy atom. The molecule has 0 unspecified atom stereocenters. The number of anilines is 2. The van der Waals surface area contributed by atoms with Crippen molar-refractivity contribution in [1.29, 1.82) is 0 Å². The van der Waals surface area contributed by atoms with Crippen molar-refractivity contribution in [2.75, 3.05) is 17.7 Å². The van der Waals surface area contributed by atoms with Crippen LogP contribution in [0.1, 0.15) is 44.9 Å². The fourth-order valence-corrected chi connectivity index (χ4v) is 3.20. The number of carbonyl (C=O) groups excluding carboxylic acids is 1. The van der Waals surface area contributed by atoms with Crippen molar-refractivity contribution in [3.05, 3.63) is 76.2 Å². The Hall–Kier alpha value is -3.85. The highest BCUT2D eigenvalue weighted by atomic mass is 16.5. The summed E-state index contributed by atoms with van der Waals surface area (Å²) < 4.78 is 5.67. The van der Waals surface area contributed by atoms with Gasteiger partial charge in [-0.15, -0.1) is 0 Å². The summed E-state index contributed by atoms with van der Waals surface area (Å²) in [7, 11) is 0. The third kappa shape index (κ3) is 4.26. The zero-order valence-electron chi connectivity index (χ0n) is 17.0. The minimum Gasteiger partial charge on any atom is -0.493 e. The topological polar surface area (TPSA) is 90.1 Å². The minimum absolute atomic E-state index is 0.185. The molecular formula is C24H22N4O2. The fourth-order valence-electron chi connectivity index (χ4n) is 3.20. The first-order valence-electron chi connectivity index (χ1n) is 9.78. The van der Waals surface area contributed by atoms with Gasteiger partial charge in [-0.25, -0.2) is 9.97 Å². The molecule has 0 aliphatic carbocycles. The number of aromatic nitrogens is 2. The molecule has 150 valence electrons. The molecule has 0 radical (unpaired) electrons. The molecule has 4 rings (SSSR count). The number of benzene rings is 2. The van der Waals surface area contributed by atoms with Gasteiger partial charge in [0, 0.05) is 16.8 Å². The van der Waals surface area contributed by atoms with Crippen molar-refractivity contribution in [3.63, 3.8) is 0 Å². The zero-order chi connectivity index (χ0) is 21.1. The number of fused-ring (bicyclic) bond motifs is 1. The molecule has 3 aromatic rings. The van der Waals surface area contributed by atoms with Crippen LogP contribution in [-0.4, -0.2) is 22.5 Å². The first kappa shape index (κ1) is 19.5. The van der Waals surface area contributed by atoms with E-state index in [9.17, 15) is 4.79 Å². The first-order valence-corrected chi connectivity index (χ1v) is 9.78. The predicted molar refractivity (Wildman–Crippen MR) is 117 cm³/mol. The molecule has 6 nitrogen and oxygen atoms in total. The van der Waals surface area contributed by atoms with Gasteiger partial charge in [-0.1, -0.05) is 18.1 Å². The molecule has 2 aromatic carbocycles. The average Bonchev–Trinajstić information content (AvgIpc) is 2.76. The van der Waals surface area contributed by atoms with Gasteiger partial charge in [-0.05, 0) is 68.0 Å². The maximum atomic E-state index is 12.7. The number of nitrogens with one attached hydrogen (secondary N) is 1. The Labute approximate surface area is 175 Å². The van der Waals surface area contributed by atoms with Crippen LogP contribution in [0.15, 0.2) is 42.6 Å². The second kappa shape index (κ2) is 8.26. The molecule has 1 amide bonds. The number of aryl methyl sites for hydroxylation is 3. The van der Waals surface area contributed by atoms with Gasteiger partial charge >= 0.3 is 0 Å². The van der Waals surface area contributed by atoms with E-state index in [1.807, 2.05) is 37.3 Å². The molecule has 0 saturated heterocycles. The lowest BCUT2D eigenvalue weighted by atomic mass is 10.0. The van der Waals surface area contributed by atoms with Crippen molar-refractivity contribution in [2.45, 2.75) is 26.7 Å². The van der Waals surface area contributed by atoms with Gasteiger partial charge in [0.15, 0.2) is 0 Å². The lowest BCUT2D eigenvalue weighted by Crippen LogP contribution is -2.14. The number of nitrogens with zero attached hydrogens (tertiary/aromatic N) is 2. The lowest BCUT2D eigenvalue weighted by molar-refractivity contribution is 0.102. The molecule has 1 aliphatic heterocycles. The van der Waals surface area contributed by atoms with Crippen LogP contribution in [0.25, 0.3) is 0 Å². The van der Waals surface area contributed by atoms with Crippen LogP contribution < -0.4 is 15.8 Å². The number of nitrogens with two attached hydrogens (primary N) is 1. The van der Waals surface area contributed by atoms with Gasteiger partial charge in [0.2, 0.25) is 0 Å². The third-order valence-electron chi connectivity index (χ3n) is 4.98. The monoisotopic (exact) mass is 398 g/mol.